The molecule has 0 radical (unpaired) electrons. The van der Waals surface area contributed by atoms with E-state index in [0.717, 1.165) is 43.9 Å². The van der Waals surface area contributed by atoms with Crippen molar-refractivity contribution in [2.24, 2.45) is 0 Å². The Morgan fingerprint density at radius 3 is 2.43 bits per heavy atom. The maximum Gasteiger partial charge on any atom is 0.273 e. The number of hydrogen-bond donors (Lipinski definition) is 1. The SMILES string of the molecule is CN1CCN(CCNC(=O)c2nc(-c3ccc(Cl)cc3)oc2-c2ccccc2)CC1. The van der Waals surface area contributed by atoms with Gasteiger partial charge in [-0.05, 0) is 31.3 Å². The van der Waals surface area contributed by atoms with Gasteiger partial charge in [-0.15, -0.1) is 0 Å². The van der Waals surface area contributed by atoms with Crippen LogP contribution in [-0.2, 0) is 0 Å². The van der Waals surface area contributed by atoms with Gasteiger partial charge in [-0.3, -0.25) is 9.69 Å². The van der Waals surface area contributed by atoms with E-state index in [4.69, 9.17) is 16.0 Å². The van der Waals surface area contributed by atoms with Crippen molar-refractivity contribution in [3.63, 3.8) is 0 Å². The fourth-order valence-electron chi connectivity index (χ4n) is 3.46. The van der Waals surface area contributed by atoms with Gasteiger partial charge in [0, 0.05) is 55.4 Å². The maximum absolute atomic E-state index is 12.9. The average Bonchev–Trinajstić information content (AvgIpc) is 3.22. The van der Waals surface area contributed by atoms with Gasteiger partial charge in [-0.25, -0.2) is 4.98 Å². The fraction of sp³-hybridized carbons (Fsp3) is 0.304. The zero-order valence-electron chi connectivity index (χ0n) is 17.0. The third-order valence-electron chi connectivity index (χ3n) is 5.28. The smallest absolute Gasteiger partial charge is 0.273 e. The molecule has 1 aliphatic rings. The van der Waals surface area contributed by atoms with Crippen molar-refractivity contribution in [3.8, 4) is 22.8 Å². The minimum atomic E-state index is -0.230. The van der Waals surface area contributed by atoms with E-state index >= 15 is 0 Å². The summed E-state index contributed by atoms with van der Waals surface area (Å²) in [6.45, 7) is 5.54. The molecule has 1 aromatic heterocycles. The highest BCUT2D eigenvalue weighted by Gasteiger charge is 2.22. The van der Waals surface area contributed by atoms with Crippen LogP contribution in [0, 0.1) is 0 Å². The summed E-state index contributed by atoms with van der Waals surface area (Å²) in [7, 11) is 2.13. The Bertz CT molecular complexity index is 980. The van der Waals surface area contributed by atoms with E-state index in [1.165, 1.54) is 0 Å². The highest BCUT2D eigenvalue weighted by atomic mass is 35.5. The number of rotatable bonds is 6. The number of oxazole rings is 1. The highest BCUT2D eigenvalue weighted by Crippen LogP contribution is 2.30. The largest absolute Gasteiger partial charge is 0.435 e. The molecule has 0 unspecified atom stereocenters. The standard InChI is InChI=1S/C23H25ClN4O2/c1-27-13-15-28(16-14-27)12-11-25-22(29)20-21(17-5-3-2-4-6-17)30-23(26-20)18-7-9-19(24)10-8-18/h2-10H,11-16H2,1H3,(H,25,29). The zero-order chi connectivity index (χ0) is 20.9. The number of nitrogens with one attached hydrogen (secondary N) is 1. The zero-order valence-corrected chi connectivity index (χ0v) is 17.7. The van der Waals surface area contributed by atoms with Gasteiger partial charge < -0.3 is 14.6 Å². The molecule has 30 heavy (non-hydrogen) atoms. The van der Waals surface area contributed by atoms with Crippen LogP contribution < -0.4 is 5.32 Å². The van der Waals surface area contributed by atoms with Crippen molar-refractivity contribution in [2.75, 3.05) is 46.3 Å². The van der Waals surface area contributed by atoms with Crippen molar-refractivity contribution in [2.45, 2.75) is 0 Å². The molecule has 0 saturated carbocycles. The van der Waals surface area contributed by atoms with Crippen LogP contribution in [-0.4, -0.2) is 67.0 Å². The normalized spacial score (nSPS) is 15.3. The van der Waals surface area contributed by atoms with Gasteiger partial charge in [0.25, 0.3) is 5.91 Å². The van der Waals surface area contributed by atoms with Gasteiger partial charge in [0.15, 0.2) is 11.5 Å². The van der Waals surface area contributed by atoms with Gasteiger partial charge in [-0.2, -0.15) is 0 Å². The molecule has 2 heterocycles. The van der Waals surface area contributed by atoms with Crippen LogP contribution in [0.25, 0.3) is 22.8 Å². The Hall–Kier alpha value is -2.67. The number of aromatic nitrogens is 1. The first-order valence-corrected chi connectivity index (χ1v) is 10.5. The van der Waals surface area contributed by atoms with Gasteiger partial charge in [0.2, 0.25) is 5.89 Å². The second kappa shape index (κ2) is 9.43. The quantitative estimate of drug-likeness (QED) is 0.654. The minimum absolute atomic E-state index is 0.230. The first-order chi connectivity index (χ1) is 14.6. The van der Waals surface area contributed by atoms with Gasteiger partial charge in [0.05, 0.1) is 0 Å². The molecule has 1 N–H and O–H groups in total. The van der Waals surface area contributed by atoms with Crippen LogP contribution in [0.2, 0.25) is 5.02 Å². The van der Waals surface area contributed by atoms with Crippen molar-refractivity contribution < 1.29 is 9.21 Å². The van der Waals surface area contributed by atoms with Crippen molar-refractivity contribution in [1.82, 2.24) is 20.1 Å². The van der Waals surface area contributed by atoms with Crippen LogP contribution in [0.1, 0.15) is 10.5 Å². The van der Waals surface area contributed by atoms with E-state index in [1.54, 1.807) is 12.1 Å². The lowest BCUT2D eigenvalue weighted by molar-refractivity contribution is 0.0937. The fourth-order valence-corrected chi connectivity index (χ4v) is 3.58. The van der Waals surface area contributed by atoms with Gasteiger partial charge >= 0.3 is 0 Å². The monoisotopic (exact) mass is 424 g/mol. The van der Waals surface area contributed by atoms with E-state index in [1.807, 2.05) is 42.5 Å². The summed E-state index contributed by atoms with van der Waals surface area (Å²) in [6, 6.07) is 16.8. The number of carbonyl (C=O) groups is 1. The Kier molecular flexibility index (Phi) is 6.47. The molecule has 3 aromatic rings. The van der Waals surface area contributed by atoms with Gasteiger partial charge in [-0.1, -0.05) is 41.9 Å². The van der Waals surface area contributed by atoms with Crippen molar-refractivity contribution >= 4 is 17.5 Å². The van der Waals surface area contributed by atoms with Crippen LogP contribution in [0.4, 0.5) is 0 Å². The molecule has 4 rings (SSSR count). The molecule has 7 heteroatoms. The second-order valence-electron chi connectivity index (χ2n) is 7.47. The van der Waals surface area contributed by atoms with Crippen LogP contribution in [0.5, 0.6) is 0 Å². The number of hydrogen-bond acceptors (Lipinski definition) is 5. The molecule has 0 bridgehead atoms. The molecule has 6 nitrogen and oxygen atoms in total. The molecular weight excluding hydrogens is 400 g/mol. The predicted molar refractivity (Wildman–Crippen MR) is 119 cm³/mol. The van der Waals surface area contributed by atoms with E-state index < -0.39 is 0 Å². The van der Waals surface area contributed by atoms with E-state index in [-0.39, 0.29) is 5.91 Å². The number of likely N-dealkylation sites (N-methyl/N-ethyl adjacent to an activating group) is 1. The third-order valence-corrected chi connectivity index (χ3v) is 5.53. The third kappa shape index (κ3) is 4.90. The first kappa shape index (κ1) is 20.6. The molecule has 0 atom stereocenters. The molecule has 1 saturated heterocycles. The Morgan fingerprint density at radius 2 is 1.73 bits per heavy atom. The van der Waals surface area contributed by atoms with Crippen LogP contribution in [0.3, 0.4) is 0 Å². The molecular formula is C23H25ClN4O2. The Labute approximate surface area is 181 Å². The van der Waals surface area contributed by atoms with Crippen molar-refractivity contribution in [3.05, 3.63) is 65.3 Å². The van der Waals surface area contributed by atoms with Crippen LogP contribution >= 0.6 is 11.6 Å². The number of amides is 1. The lowest BCUT2D eigenvalue weighted by Crippen LogP contribution is -2.46. The number of piperazine rings is 1. The molecule has 1 aliphatic heterocycles. The summed E-state index contributed by atoms with van der Waals surface area (Å²) in [4.78, 5) is 22.1. The Morgan fingerprint density at radius 1 is 1.03 bits per heavy atom. The van der Waals surface area contributed by atoms with E-state index in [2.05, 4.69) is 27.1 Å². The van der Waals surface area contributed by atoms with Crippen molar-refractivity contribution in [1.29, 1.82) is 0 Å². The average molecular weight is 425 g/mol. The number of benzene rings is 2. The summed E-state index contributed by atoms with van der Waals surface area (Å²) in [5, 5.41) is 3.64. The minimum Gasteiger partial charge on any atom is -0.435 e. The maximum atomic E-state index is 12.9. The summed E-state index contributed by atoms with van der Waals surface area (Å²) in [6.07, 6.45) is 0. The number of halogens is 1. The lowest BCUT2D eigenvalue weighted by Gasteiger charge is -2.32. The summed E-state index contributed by atoms with van der Waals surface area (Å²) < 4.78 is 6.03. The first-order valence-electron chi connectivity index (χ1n) is 10.1. The highest BCUT2D eigenvalue weighted by molar-refractivity contribution is 6.30. The summed E-state index contributed by atoms with van der Waals surface area (Å²) >= 11 is 5.99. The molecule has 1 amide bonds. The molecule has 1 fully saturated rings. The number of carbonyl (C=O) groups excluding carboxylic acids is 1. The van der Waals surface area contributed by atoms with Crippen LogP contribution in [0.15, 0.2) is 59.0 Å². The predicted octanol–water partition coefficient (Wildman–Crippen LogP) is 3.64. The molecule has 156 valence electrons. The number of nitrogens with zero attached hydrogens (tertiary/aromatic N) is 3. The van der Waals surface area contributed by atoms with Gasteiger partial charge in [0.1, 0.15) is 0 Å². The topological polar surface area (TPSA) is 61.6 Å². The Balaban J connectivity index is 1.51. The van der Waals surface area contributed by atoms with E-state index in [9.17, 15) is 4.79 Å². The molecule has 0 spiro atoms. The summed E-state index contributed by atoms with van der Waals surface area (Å²) in [5.74, 6) is 0.638. The molecule has 0 aliphatic carbocycles. The second-order valence-corrected chi connectivity index (χ2v) is 7.91. The lowest BCUT2D eigenvalue weighted by atomic mass is 10.1. The summed E-state index contributed by atoms with van der Waals surface area (Å²) in [5.41, 5.74) is 1.88. The molecule has 2 aromatic carbocycles. The van der Waals surface area contributed by atoms with E-state index in [0.29, 0.717) is 28.9 Å².